The van der Waals surface area contributed by atoms with Gasteiger partial charge in [0.05, 0.1) is 6.10 Å². The topological polar surface area (TPSA) is 81.1 Å². The molecule has 2 aliphatic rings. The maximum Gasteiger partial charge on any atom is 0.313 e. The van der Waals surface area contributed by atoms with Crippen LogP contribution in [0.3, 0.4) is 0 Å². The highest BCUT2D eigenvalue weighted by Gasteiger charge is 2.49. The highest BCUT2D eigenvalue weighted by Crippen LogP contribution is 2.34. The van der Waals surface area contributed by atoms with Gasteiger partial charge in [-0.05, 0) is 24.8 Å². The lowest BCUT2D eigenvalue weighted by Gasteiger charge is -2.43. The Morgan fingerprint density at radius 3 is 2.60 bits per heavy atom. The minimum Gasteiger partial charge on any atom is -0.481 e. The molecule has 0 aromatic heterocycles. The molecule has 1 amide bonds. The summed E-state index contributed by atoms with van der Waals surface area (Å²) in [6, 6.07) is 9.47. The van der Waals surface area contributed by atoms with Crippen LogP contribution in [-0.2, 0) is 16.0 Å². The predicted octanol–water partition coefficient (Wildman–Crippen LogP) is 0.989. The van der Waals surface area contributed by atoms with Crippen LogP contribution in [0, 0.1) is 5.41 Å². The van der Waals surface area contributed by atoms with Crippen molar-refractivity contribution in [2.75, 3.05) is 32.7 Å². The van der Waals surface area contributed by atoms with Crippen LogP contribution >= 0.6 is 0 Å². The lowest BCUT2D eigenvalue weighted by atomic mass is 9.73. The quantitative estimate of drug-likeness (QED) is 0.803. The normalized spacial score (nSPS) is 27.6. The Labute approximate surface area is 148 Å². The Bertz CT molecular complexity index is 621. The van der Waals surface area contributed by atoms with E-state index in [4.69, 9.17) is 0 Å². The van der Waals surface area contributed by atoms with Crippen molar-refractivity contribution >= 4 is 11.9 Å². The van der Waals surface area contributed by atoms with Crippen LogP contribution in [0.5, 0.6) is 0 Å². The van der Waals surface area contributed by atoms with Crippen molar-refractivity contribution in [1.82, 2.24) is 9.80 Å². The summed E-state index contributed by atoms with van der Waals surface area (Å²) in [4.78, 5) is 27.8. The molecular formula is C19H26N2O4. The molecule has 136 valence electrons. The Kier molecular flexibility index (Phi) is 5.39. The molecule has 3 rings (SSSR count). The predicted molar refractivity (Wildman–Crippen MR) is 93.1 cm³/mol. The first-order valence-corrected chi connectivity index (χ1v) is 8.97. The van der Waals surface area contributed by atoms with Gasteiger partial charge in [-0.2, -0.15) is 0 Å². The summed E-state index contributed by atoms with van der Waals surface area (Å²) >= 11 is 0. The van der Waals surface area contributed by atoms with Gasteiger partial charge in [-0.3, -0.25) is 9.59 Å². The molecule has 2 aliphatic heterocycles. The monoisotopic (exact) mass is 346 g/mol. The molecule has 6 heteroatoms. The molecule has 25 heavy (non-hydrogen) atoms. The lowest BCUT2D eigenvalue weighted by molar-refractivity contribution is -0.163. The van der Waals surface area contributed by atoms with Crippen LogP contribution < -0.4 is 0 Å². The van der Waals surface area contributed by atoms with Crippen molar-refractivity contribution in [2.45, 2.75) is 31.8 Å². The zero-order valence-corrected chi connectivity index (χ0v) is 14.4. The molecular weight excluding hydrogens is 320 g/mol. The maximum atomic E-state index is 12.1. The number of carbonyl (C=O) groups is 2. The lowest BCUT2D eigenvalue weighted by Crippen LogP contribution is -2.58. The summed E-state index contributed by atoms with van der Waals surface area (Å²) < 4.78 is 0. The maximum absolute atomic E-state index is 12.1. The number of amides is 1. The van der Waals surface area contributed by atoms with E-state index in [1.54, 1.807) is 0 Å². The first kappa shape index (κ1) is 17.9. The van der Waals surface area contributed by atoms with E-state index in [-0.39, 0.29) is 5.91 Å². The first-order chi connectivity index (χ1) is 12.0. The van der Waals surface area contributed by atoms with Gasteiger partial charge in [0.2, 0.25) is 5.91 Å². The number of piperidine rings is 1. The molecule has 0 aliphatic carbocycles. The van der Waals surface area contributed by atoms with E-state index in [1.165, 1.54) is 0 Å². The van der Waals surface area contributed by atoms with Gasteiger partial charge in [0.25, 0.3) is 0 Å². The second-order valence-corrected chi connectivity index (χ2v) is 7.19. The van der Waals surface area contributed by atoms with Gasteiger partial charge in [-0.1, -0.05) is 30.3 Å². The number of benzene rings is 1. The molecule has 1 aromatic rings. The summed E-state index contributed by atoms with van der Waals surface area (Å²) in [6.07, 6.45) is 1.40. The second-order valence-electron chi connectivity index (χ2n) is 7.19. The summed E-state index contributed by atoms with van der Waals surface area (Å²) in [5, 5.41) is 20.4. The average molecular weight is 346 g/mol. The third-order valence-corrected chi connectivity index (χ3v) is 5.51. The van der Waals surface area contributed by atoms with Gasteiger partial charge >= 0.3 is 5.97 Å². The second kappa shape index (κ2) is 7.54. The fourth-order valence-corrected chi connectivity index (χ4v) is 3.98. The summed E-state index contributed by atoms with van der Waals surface area (Å²) in [7, 11) is 0. The zero-order chi connectivity index (χ0) is 17.9. The van der Waals surface area contributed by atoms with Gasteiger partial charge in [-0.25, -0.2) is 0 Å². The van der Waals surface area contributed by atoms with Crippen LogP contribution in [0.2, 0.25) is 0 Å². The summed E-state index contributed by atoms with van der Waals surface area (Å²) in [5.74, 6) is -0.767. The minimum atomic E-state index is -1.20. The van der Waals surface area contributed by atoms with E-state index in [9.17, 15) is 19.8 Å². The molecule has 2 N–H and O–H groups in total. The number of aliphatic hydroxyl groups is 1. The number of rotatable bonds is 6. The summed E-state index contributed by atoms with van der Waals surface area (Å²) in [6.45, 7) is 3.05. The van der Waals surface area contributed by atoms with E-state index < -0.39 is 17.5 Å². The van der Waals surface area contributed by atoms with E-state index >= 15 is 0 Å². The summed E-state index contributed by atoms with van der Waals surface area (Å²) in [5.41, 5.74) is -0.283. The van der Waals surface area contributed by atoms with E-state index in [0.717, 1.165) is 18.5 Å². The number of nitrogens with zero attached hydrogens (tertiary/aromatic N) is 2. The standard InChI is InChI=1S/C19H26N2O4/c22-16-8-10-20(11-12-21-9-4-7-17(21)23)14-19(16,18(24)25)13-15-5-2-1-3-6-15/h1-3,5-6,16,22H,4,7-14H2,(H,24,25)/t16-,19-/m0/s1. The van der Waals surface area contributed by atoms with Gasteiger partial charge in [0.1, 0.15) is 5.41 Å². The van der Waals surface area contributed by atoms with E-state index in [0.29, 0.717) is 45.4 Å². The number of carbonyl (C=O) groups excluding carboxylic acids is 1. The molecule has 0 bridgehead atoms. The third kappa shape index (κ3) is 3.85. The molecule has 6 nitrogen and oxygen atoms in total. The van der Waals surface area contributed by atoms with Crippen LogP contribution in [0.15, 0.2) is 30.3 Å². The van der Waals surface area contributed by atoms with Crippen LogP contribution in [0.1, 0.15) is 24.8 Å². The fourth-order valence-electron chi connectivity index (χ4n) is 3.98. The van der Waals surface area contributed by atoms with Crippen LogP contribution in [0.25, 0.3) is 0 Å². The highest BCUT2D eigenvalue weighted by molar-refractivity contribution is 5.78. The van der Waals surface area contributed by atoms with Gasteiger partial charge < -0.3 is 20.0 Å². The Morgan fingerprint density at radius 1 is 1.20 bits per heavy atom. The van der Waals surface area contributed by atoms with Gasteiger partial charge in [-0.15, -0.1) is 0 Å². The fraction of sp³-hybridized carbons (Fsp3) is 0.579. The average Bonchev–Trinajstić information content (AvgIpc) is 3.01. The van der Waals surface area contributed by atoms with Gasteiger partial charge in [0.15, 0.2) is 0 Å². The van der Waals surface area contributed by atoms with Crippen molar-refractivity contribution in [1.29, 1.82) is 0 Å². The van der Waals surface area contributed by atoms with Crippen molar-refractivity contribution < 1.29 is 19.8 Å². The van der Waals surface area contributed by atoms with Crippen molar-refractivity contribution in [2.24, 2.45) is 5.41 Å². The largest absolute Gasteiger partial charge is 0.481 e. The number of aliphatic hydroxyl groups excluding tert-OH is 1. The number of aliphatic carboxylic acids is 1. The molecule has 0 radical (unpaired) electrons. The van der Waals surface area contributed by atoms with Crippen LogP contribution in [-0.4, -0.2) is 70.7 Å². The third-order valence-electron chi connectivity index (χ3n) is 5.51. The molecule has 0 saturated carbocycles. The van der Waals surface area contributed by atoms with E-state index in [1.807, 2.05) is 35.2 Å². The molecule has 0 spiro atoms. The molecule has 2 saturated heterocycles. The first-order valence-electron chi connectivity index (χ1n) is 8.97. The molecule has 2 fully saturated rings. The number of hydrogen-bond donors (Lipinski definition) is 2. The molecule has 2 heterocycles. The Morgan fingerprint density at radius 2 is 1.96 bits per heavy atom. The van der Waals surface area contributed by atoms with Crippen molar-refractivity contribution in [3.05, 3.63) is 35.9 Å². The van der Waals surface area contributed by atoms with Crippen molar-refractivity contribution in [3.63, 3.8) is 0 Å². The molecule has 0 unspecified atom stereocenters. The number of carboxylic acid groups (broad SMARTS) is 1. The van der Waals surface area contributed by atoms with Gasteiger partial charge in [0, 0.05) is 39.1 Å². The zero-order valence-electron chi connectivity index (χ0n) is 14.4. The smallest absolute Gasteiger partial charge is 0.313 e. The SMILES string of the molecule is O=C1CCCN1CCN1CC[C@H](O)[C@@](Cc2ccccc2)(C(=O)O)C1. The molecule has 1 aromatic carbocycles. The highest BCUT2D eigenvalue weighted by atomic mass is 16.4. The number of hydrogen-bond acceptors (Lipinski definition) is 4. The van der Waals surface area contributed by atoms with E-state index in [2.05, 4.69) is 4.90 Å². The minimum absolute atomic E-state index is 0.186. The van der Waals surface area contributed by atoms with Crippen LogP contribution in [0.4, 0.5) is 0 Å². The van der Waals surface area contributed by atoms with Crippen molar-refractivity contribution in [3.8, 4) is 0 Å². The molecule has 2 atom stereocenters. The Balaban J connectivity index is 1.70. The Hall–Kier alpha value is -1.92. The number of carboxylic acids is 1. The number of likely N-dealkylation sites (tertiary alicyclic amines) is 2.